The van der Waals surface area contributed by atoms with Gasteiger partial charge in [0.25, 0.3) is 5.56 Å². The Kier molecular flexibility index (Phi) is 5.83. The molecule has 152 valence electrons. The summed E-state index contributed by atoms with van der Waals surface area (Å²) in [7, 11) is 0. The van der Waals surface area contributed by atoms with Crippen molar-refractivity contribution in [3.05, 3.63) is 101 Å². The maximum absolute atomic E-state index is 13.4. The van der Waals surface area contributed by atoms with Gasteiger partial charge in [-0.15, -0.1) is 0 Å². The fourth-order valence-electron chi connectivity index (χ4n) is 3.45. The Morgan fingerprint density at radius 2 is 1.90 bits per heavy atom. The van der Waals surface area contributed by atoms with E-state index in [2.05, 4.69) is 20.9 Å². The molecule has 1 aliphatic rings. The zero-order valence-electron chi connectivity index (χ0n) is 16.5. The monoisotopic (exact) mass is 482 g/mol. The van der Waals surface area contributed by atoms with Crippen LogP contribution in [0.5, 0.6) is 0 Å². The van der Waals surface area contributed by atoms with E-state index in [0.717, 1.165) is 15.6 Å². The van der Waals surface area contributed by atoms with E-state index in [-0.39, 0.29) is 12.2 Å². The number of ether oxygens (including phenoxy) is 1. The molecular weight excluding hydrogens is 464 g/mol. The van der Waals surface area contributed by atoms with Crippen LogP contribution in [0.25, 0.3) is 6.08 Å². The third kappa shape index (κ3) is 3.82. The molecule has 30 heavy (non-hydrogen) atoms. The molecule has 0 aliphatic carbocycles. The van der Waals surface area contributed by atoms with Gasteiger partial charge >= 0.3 is 5.97 Å². The van der Waals surface area contributed by atoms with Crippen LogP contribution in [0.1, 0.15) is 31.0 Å². The number of carbonyl (C=O) groups excluding carboxylic acids is 1. The molecule has 1 aromatic heterocycles. The van der Waals surface area contributed by atoms with Crippen molar-refractivity contribution in [1.29, 1.82) is 0 Å². The number of thiazole rings is 1. The predicted molar refractivity (Wildman–Crippen MR) is 121 cm³/mol. The van der Waals surface area contributed by atoms with Crippen LogP contribution in [0.15, 0.2) is 80.1 Å². The number of benzene rings is 2. The molecule has 0 bridgehead atoms. The molecule has 4 rings (SSSR count). The SMILES string of the molecule is CCOC(=O)C1=C(C)N=c2sc(=Cc3ccc(Br)cc3)c(=O)n2C1c1ccccc1. The Morgan fingerprint density at radius 1 is 1.20 bits per heavy atom. The van der Waals surface area contributed by atoms with Gasteiger partial charge in [0.05, 0.1) is 28.5 Å². The highest BCUT2D eigenvalue weighted by Crippen LogP contribution is 2.30. The highest BCUT2D eigenvalue weighted by Gasteiger charge is 2.33. The van der Waals surface area contributed by atoms with Gasteiger partial charge in [0.2, 0.25) is 0 Å². The van der Waals surface area contributed by atoms with Gasteiger partial charge < -0.3 is 4.74 Å². The first-order chi connectivity index (χ1) is 14.5. The van der Waals surface area contributed by atoms with Crippen LogP contribution in [0.3, 0.4) is 0 Å². The van der Waals surface area contributed by atoms with Gasteiger partial charge in [-0.1, -0.05) is 69.7 Å². The van der Waals surface area contributed by atoms with Crippen molar-refractivity contribution in [2.45, 2.75) is 19.9 Å². The van der Waals surface area contributed by atoms with Gasteiger partial charge in [-0.3, -0.25) is 9.36 Å². The van der Waals surface area contributed by atoms with Crippen molar-refractivity contribution in [2.24, 2.45) is 4.99 Å². The summed E-state index contributed by atoms with van der Waals surface area (Å²) >= 11 is 4.74. The number of esters is 1. The molecule has 0 N–H and O–H groups in total. The number of carbonyl (C=O) groups is 1. The highest BCUT2D eigenvalue weighted by atomic mass is 79.9. The minimum atomic E-state index is -0.575. The first-order valence-corrected chi connectivity index (χ1v) is 11.1. The Balaban J connectivity index is 1.94. The second kappa shape index (κ2) is 8.53. The molecule has 0 spiro atoms. The van der Waals surface area contributed by atoms with Crippen LogP contribution in [-0.4, -0.2) is 17.1 Å². The Labute approximate surface area is 185 Å². The summed E-state index contributed by atoms with van der Waals surface area (Å²) in [6.07, 6.45) is 1.85. The standard InChI is InChI=1S/C23H19BrN2O3S/c1-3-29-22(28)19-14(2)25-23-26(20(19)16-7-5-4-6-8-16)21(27)18(30-23)13-15-9-11-17(24)12-10-15/h4-13,20H,3H2,1-2H3. The maximum Gasteiger partial charge on any atom is 0.338 e. The Morgan fingerprint density at radius 3 is 2.57 bits per heavy atom. The van der Waals surface area contributed by atoms with Crippen molar-refractivity contribution in [3.8, 4) is 0 Å². The molecule has 1 atom stereocenters. The normalized spacial score (nSPS) is 16.2. The van der Waals surface area contributed by atoms with Crippen molar-refractivity contribution < 1.29 is 9.53 Å². The molecule has 1 aliphatic heterocycles. The fourth-order valence-corrected chi connectivity index (χ4v) is 4.76. The van der Waals surface area contributed by atoms with Crippen molar-refractivity contribution in [2.75, 3.05) is 6.61 Å². The van der Waals surface area contributed by atoms with Crippen molar-refractivity contribution in [1.82, 2.24) is 4.57 Å². The first-order valence-electron chi connectivity index (χ1n) is 9.49. The van der Waals surface area contributed by atoms with Gasteiger partial charge in [0.15, 0.2) is 4.80 Å². The fraction of sp³-hybridized carbons (Fsp3) is 0.174. The molecule has 0 amide bonds. The number of nitrogens with zero attached hydrogens (tertiary/aromatic N) is 2. The summed E-state index contributed by atoms with van der Waals surface area (Å²) in [4.78, 5) is 31.3. The highest BCUT2D eigenvalue weighted by molar-refractivity contribution is 9.10. The molecule has 2 heterocycles. The lowest BCUT2D eigenvalue weighted by Crippen LogP contribution is -2.39. The third-order valence-electron chi connectivity index (χ3n) is 4.80. The lowest BCUT2D eigenvalue weighted by molar-refractivity contribution is -0.139. The summed E-state index contributed by atoms with van der Waals surface area (Å²) in [5.41, 5.74) is 2.54. The number of hydrogen-bond donors (Lipinski definition) is 0. The van der Waals surface area contributed by atoms with Crippen LogP contribution >= 0.6 is 27.3 Å². The molecule has 0 fully saturated rings. The third-order valence-corrected chi connectivity index (χ3v) is 6.31. The minimum absolute atomic E-state index is 0.176. The zero-order valence-corrected chi connectivity index (χ0v) is 18.9. The van der Waals surface area contributed by atoms with E-state index in [9.17, 15) is 9.59 Å². The van der Waals surface area contributed by atoms with E-state index in [0.29, 0.717) is 20.6 Å². The first kappa shape index (κ1) is 20.5. The maximum atomic E-state index is 13.4. The second-order valence-corrected chi connectivity index (χ2v) is 8.69. The van der Waals surface area contributed by atoms with E-state index in [4.69, 9.17) is 4.74 Å². The van der Waals surface area contributed by atoms with Crippen LogP contribution in [0, 0.1) is 0 Å². The minimum Gasteiger partial charge on any atom is -0.463 e. The summed E-state index contributed by atoms with van der Waals surface area (Å²) in [5.74, 6) is -0.449. The van der Waals surface area contributed by atoms with Crippen LogP contribution in [0.4, 0.5) is 0 Å². The van der Waals surface area contributed by atoms with Gasteiger partial charge in [0.1, 0.15) is 0 Å². The molecule has 0 saturated carbocycles. The smallest absolute Gasteiger partial charge is 0.338 e. The number of rotatable bonds is 4. The topological polar surface area (TPSA) is 60.7 Å². The number of hydrogen-bond acceptors (Lipinski definition) is 5. The average Bonchev–Trinajstić information content (AvgIpc) is 3.04. The summed E-state index contributed by atoms with van der Waals surface area (Å²) < 4.78 is 8.43. The van der Waals surface area contributed by atoms with Gasteiger partial charge in [-0.25, -0.2) is 9.79 Å². The molecule has 0 radical (unpaired) electrons. The lowest BCUT2D eigenvalue weighted by Gasteiger charge is -2.24. The Bertz CT molecular complexity index is 1310. The van der Waals surface area contributed by atoms with Crippen molar-refractivity contribution >= 4 is 39.3 Å². The van der Waals surface area contributed by atoms with E-state index in [1.165, 1.54) is 11.3 Å². The van der Waals surface area contributed by atoms with Gasteiger partial charge in [-0.2, -0.15) is 0 Å². The molecule has 3 aromatic rings. The number of halogens is 1. The quantitative estimate of drug-likeness (QED) is 0.534. The van der Waals surface area contributed by atoms with E-state index >= 15 is 0 Å². The largest absolute Gasteiger partial charge is 0.463 e. The van der Waals surface area contributed by atoms with Crippen molar-refractivity contribution in [3.63, 3.8) is 0 Å². The second-order valence-electron chi connectivity index (χ2n) is 6.76. The molecular formula is C23H19BrN2O3S. The zero-order chi connectivity index (χ0) is 21.3. The van der Waals surface area contributed by atoms with Crippen LogP contribution < -0.4 is 14.9 Å². The molecule has 2 aromatic carbocycles. The average molecular weight is 483 g/mol. The van der Waals surface area contributed by atoms with E-state index < -0.39 is 12.0 Å². The molecule has 5 nitrogen and oxygen atoms in total. The lowest BCUT2D eigenvalue weighted by atomic mass is 9.96. The summed E-state index contributed by atoms with van der Waals surface area (Å²) in [5, 5.41) is 0. The summed E-state index contributed by atoms with van der Waals surface area (Å²) in [6, 6.07) is 16.7. The number of allylic oxidation sites excluding steroid dienone is 1. The predicted octanol–water partition coefficient (Wildman–Crippen LogP) is 3.56. The summed E-state index contributed by atoms with van der Waals surface area (Å²) in [6.45, 7) is 3.80. The van der Waals surface area contributed by atoms with Crippen LogP contribution in [0.2, 0.25) is 0 Å². The molecule has 1 unspecified atom stereocenters. The van der Waals surface area contributed by atoms with Gasteiger partial charge in [0, 0.05) is 4.47 Å². The Hall–Kier alpha value is -2.77. The van der Waals surface area contributed by atoms with E-state index in [1.54, 1.807) is 18.4 Å². The van der Waals surface area contributed by atoms with Crippen LogP contribution in [-0.2, 0) is 9.53 Å². The number of aromatic nitrogens is 1. The molecule has 7 heteroatoms. The van der Waals surface area contributed by atoms with E-state index in [1.807, 2.05) is 60.7 Å². The van der Waals surface area contributed by atoms with Gasteiger partial charge in [-0.05, 0) is 43.2 Å². The molecule has 0 saturated heterocycles. The number of fused-ring (bicyclic) bond motifs is 1.